The van der Waals surface area contributed by atoms with Crippen molar-refractivity contribution < 1.29 is 4.79 Å². The summed E-state index contributed by atoms with van der Waals surface area (Å²) in [6, 6.07) is 12.7. The third-order valence-electron chi connectivity index (χ3n) is 4.30. The van der Waals surface area contributed by atoms with Gasteiger partial charge in [0.05, 0.1) is 6.04 Å². The van der Waals surface area contributed by atoms with Gasteiger partial charge in [0, 0.05) is 26.1 Å². The van der Waals surface area contributed by atoms with E-state index in [4.69, 9.17) is 0 Å². The number of carbonyl (C=O) groups is 1. The predicted octanol–water partition coefficient (Wildman–Crippen LogP) is 3.20. The zero-order valence-electron chi connectivity index (χ0n) is 12.9. The average Bonchev–Trinajstić information content (AvgIpc) is 3.07. The summed E-state index contributed by atoms with van der Waals surface area (Å²) in [5, 5.41) is 4.20. The lowest BCUT2D eigenvalue weighted by atomic mass is 10.0. The fraction of sp³-hybridized carbons (Fsp3) is 0.389. The summed E-state index contributed by atoms with van der Waals surface area (Å²) in [5.41, 5.74) is 2.50. The molecule has 1 aromatic carbocycles. The van der Waals surface area contributed by atoms with E-state index in [9.17, 15) is 4.79 Å². The van der Waals surface area contributed by atoms with Crippen LogP contribution in [0.4, 0.5) is 0 Å². The van der Waals surface area contributed by atoms with Gasteiger partial charge in [0.2, 0.25) is 5.91 Å². The first-order chi connectivity index (χ1) is 10.7. The predicted molar refractivity (Wildman–Crippen MR) is 91.0 cm³/mol. The number of hydrogen-bond donors (Lipinski definition) is 0. The van der Waals surface area contributed by atoms with Crippen molar-refractivity contribution in [2.24, 2.45) is 0 Å². The van der Waals surface area contributed by atoms with E-state index < -0.39 is 0 Å². The van der Waals surface area contributed by atoms with Crippen LogP contribution in [0, 0.1) is 0 Å². The molecule has 1 amide bonds. The van der Waals surface area contributed by atoms with E-state index in [2.05, 4.69) is 57.9 Å². The average molecular weight is 314 g/mol. The maximum Gasteiger partial charge on any atom is 0.223 e. The molecule has 1 atom stereocenters. The van der Waals surface area contributed by atoms with Gasteiger partial charge in [-0.05, 0) is 41.4 Å². The number of rotatable bonds is 4. The molecule has 2 aromatic rings. The van der Waals surface area contributed by atoms with Gasteiger partial charge in [-0.2, -0.15) is 11.3 Å². The van der Waals surface area contributed by atoms with Crippen LogP contribution >= 0.6 is 11.3 Å². The molecule has 0 aliphatic carbocycles. The van der Waals surface area contributed by atoms with Gasteiger partial charge >= 0.3 is 0 Å². The lowest BCUT2D eigenvalue weighted by Crippen LogP contribution is -2.49. The number of hydrogen-bond acceptors (Lipinski definition) is 3. The van der Waals surface area contributed by atoms with Crippen molar-refractivity contribution in [3.05, 3.63) is 58.3 Å². The number of likely N-dealkylation sites (N-methyl/N-ethyl adjacent to an activating group) is 1. The van der Waals surface area contributed by atoms with Crippen LogP contribution < -0.4 is 0 Å². The Labute approximate surface area is 136 Å². The van der Waals surface area contributed by atoms with Gasteiger partial charge in [0.25, 0.3) is 0 Å². The van der Waals surface area contributed by atoms with Gasteiger partial charge in [-0.25, -0.2) is 0 Å². The smallest absolute Gasteiger partial charge is 0.223 e. The summed E-state index contributed by atoms with van der Waals surface area (Å²) in [4.78, 5) is 17.1. The Hall–Kier alpha value is -1.65. The highest BCUT2D eigenvalue weighted by atomic mass is 32.1. The number of benzene rings is 1. The molecule has 0 N–H and O–H groups in total. The first-order valence-corrected chi connectivity index (χ1v) is 8.72. The van der Waals surface area contributed by atoms with E-state index in [-0.39, 0.29) is 11.9 Å². The normalized spacial score (nSPS) is 19.3. The lowest BCUT2D eigenvalue weighted by molar-refractivity contribution is -0.136. The second-order valence-corrected chi connectivity index (χ2v) is 6.69. The molecule has 0 saturated carbocycles. The van der Waals surface area contributed by atoms with E-state index in [0.29, 0.717) is 6.42 Å². The summed E-state index contributed by atoms with van der Waals surface area (Å²) >= 11 is 1.69. The molecule has 1 aliphatic heterocycles. The largest absolute Gasteiger partial charge is 0.333 e. The second kappa shape index (κ2) is 7.07. The molecule has 22 heavy (non-hydrogen) atoms. The molecule has 0 spiro atoms. The number of carbonyl (C=O) groups excluding carboxylic acids is 1. The third-order valence-corrected chi connectivity index (χ3v) is 5.03. The van der Waals surface area contributed by atoms with Crippen molar-refractivity contribution in [1.82, 2.24) is 9.80 Å². The molecule has 2 heterocycles. The van der Waals surface area contributed by atoms with Crippen molar-refractivity contribution in [1.29, 1.82) is 0 Å². The maximum absolute atomic E-state index is 12.7. The van der Waals surface area contributed by atoms with Gasteiger partial charge in [-0.15, -0.1) is 0 Å². The van der Waals surface area contributed by atoms with Crippen LogP contribution in [0.1, 0.15) is 23.6 Å². The van der Waals surface area contributed by atoms with Gasteiger partial charge in [0.15, 0.2) is 0 Å². The molecule has 1 aliphatic rings. The molecule has 0 bridgehead atoms. The van der Waals surface area contributed by atoms with E-state index >= 15 is 0 Å². The van der Waals surface area contributed by atoms with E-state index in [1.165, 1.54) is 11.1 Å². The number of aryl methyl sites for hydroxylation is 1. The Kier molecular flexibility index (Phi) is 4.90. The van der Waals surface area contributed by atoms with Crippen molar-refractivity contribution >= 4 is 17.2 Å². The van der Waals surface area contributed by atoms with Crippen LogP contribution in [0.5, 0.6) is 0 Å². The monoisotopic (exact) mass is 314 g/mol. The fourth-order valence-electron chi connectivity index (χ4n) is 3.01. The molecule has 3 nitrogen and oxygen atoms in total. The van der Waals surface area contributed by atoms with Crippen molar-refractivity contribution in [3.8, 4) is 0 Å². The maximum atomic E-state index is 12.7. The molecule has 116 valence electrons. The van der Waals surface area contributed by atoms with Gasteiger partial charge in [0.1, 0.15) is 0 Å². The van der Waals surface area contributed by atoms with Crippen LogP contribution in [-0.2, 0) is 11.2 Å². The molecule has 1 fully saturated rings. The minimum absolute atomic E-state index is 0.176. The SMILES string of the molecule is CN1CCN(C(=O)CCc2ccsc2)C(c2ccccc2)C1. The van der Waals surface area contributed by atoms with E-state index in [1.807, 2.05) is 6.07 Å². The van der Waals surface area contributed by atoms with Crippen LogP contribution in [0.25, 0.3) is 0 Å². The van der Waals surface area contributed by atoms with Crippen molar-refractivity contribution in [3.63, 3.8) is 0 Å². The topological polar surface area (TPSA) is 23.6 Å². The van der Waals surface area contributed by atoms with Crippen LogP contribution in [0.3, 0.4) is 0 Å². The number of thiophene rings is 1. The quantitative estimate of drug-likeness (QED) is 0.865. The molecule has 3 rings (SSSR count). The zero-order chi connectivity index (χ0) is 15.4. The zero-order valence-corrected chi connectivity index (χ0v) is 13.8. The highest BCUT2D eigenvalue weighted by molar-refractivity contribution is 7.07. The van der Waals surface area contributed by atoms with Gasteiger partial charge < -0.3 is 9.80 Å². The Bertz CT molecular complexity index is 597. The summed E-state index contributed by atoms with van der Waals surface area (Å²) in [6.45, 7) is 2.68. The summed E-state index contributed by atoms with van der Waals surface area (Å²) < 4.78 is 0. The molecular weight excluding hydrogens is 292 g/mol. The van der Waals surface area contributed by atoms with Crippen LogP contribution in [-0.4, -0.2) is 42.4 Å². The van der Waals surface area contributed by atoms with E-state index in [1.54, 1.807) is 11.3 Å². The fourth-order valence-corrected chi connectivity index (χ4v) is 3.71. The molecule has 4 heteroatoms. The summed E-state index contributed by atoms with van der Waals surface area (Å²) in [5.74, 6) is 0.271. The summed E-state index contributed by atoms with van der Waals surface area (Å²) in [7, 11) is 2.13. The number of amides is 1. The number of nitrogens with zero attached hydrogens (tertiary/aromatic N) is 2. The Balaban J connectivity index is 1.70. The Morgan fingerprint density at radius 1 is 1.23 bits per heavy atom. The molecule has 1 unspecified atom stereocenters. The highest BCUT2D eigenvalue weighted by Gasteiger charge is 2.29. The second-order valence-electron chi connectivity index (χ2n) is 5.91. The first-order valence-electron chi connectivity index (χ1n) is 7.78. The lowest BCUT2D eigenvalue weighted by Gasteiger charge is -2.40. The standard InChI is InChI=1S/C18H22N2OS/c1-19-10-11-20(17(13-19)16-5-3-2-4-6-16)18(21)8-7-15-9-12-22-14-15/h2-6,9,12,14,17H,7-8,10-11,13H2,1H3. The van der Waals surface area contributed by atoms with Crippen molar-refractivity contribution in [2.45, 2.75) is 18.9 Å². The minimum atomic E-state index is 0.176. The number of piperazine rings is 1. The van der Waals surface area contributed by atoms with Crippen LogP contribution in [0.2, 0.25) is 0 Å². The van der Waals surface area contributed by atoms with Gasteiger partial charge in [-0.1, -0.05) is 30.3 Å². The summed E-state index contributed by atoms with van der Waals surface area (Å²) in [6.07, 6.45) is 1.44. The molecular formula is C18H22N2OS. The Morgan fingerprint density at radius 2 is 2.05 bits per heavy atom. The third kappa shape index (κ3) is 3.57. The molecule has 0 radical (unpaired) electrons. The Morgan fingerprint density at radius 3 is 2.77 bits per heavy atom. The van der Waals surface area contributed by atoms with E-state index in [0.717, 1.165) is 26.1 Å². The van der Waals surface area contributed by atoms with Crippen molar-refractivity contribution in [2.75, 3.05) is 26.7 Å². The van der Waals surface area contributed by atoms with Gasteiger partial charge in [-0.3, -0.25) is 4.79 Å². The first kappa shape index (κ1) is 15.3. The highest BCUT2D eigenvalue weighted by Crippen LogP contribution is 2.25. The molecule has 1 saturated heterocycles. The van der Waals surface area contributed by atoms with Crippen LogP contribution in [0.15, 0.2) is 47.2 Å². The minimum Gasteiger partial charge on any atom is -0.333 e. The molecule has 1 aromatic heterocycles.